The second-order valence-corrected chi connectivity index (χ2v) is 6.60. The van der Waals surface area contributed by atoms with Crippen LogP contribution in [0.15, 0.2) is 6.33 Å². The van der Waals surface area contributed by atoms with Crippen LogP contribution < -0.4 is 10.0 Å². The van der Waals surface area contributed by atoms with Gasteiger partial charge in [0.15, 0.2) is 0 Å². The molecule has 0 bridgehead atoms. The highest BCUT2D eigenvalue weighted by Gasteiger charge is 2.20. The van der Waals surface area contributed by atoms with Gasteiger partial charge in [-0.25, -0.2) is 13.1 Å². The highest BCUT2D eigenvalue weighted by Crippen LogP contribution is 2.00. The summed E-state index contributed by atoms with van der Waals surface area (Å²) in [5, 5.41) is 10.3. The van der Waals surface area contributed by atoms with Crippen molar-refractivity contribution in [1.29, 1.82) is 0 Å². The smallest absolute Gasteiger partial charge is 0.215 e. The maximum atomic E-state index is 12.0. The molecule has 1 aromatic heterocycles. The molecule has 2 N–H and O–H groups in total. The van der Waals surface area contributed by atoms with Gasteiger partial charge in [0.1, 0.15) is 12.2 Å². The van der Waals surface area contributed by atoms with Crippen LogP contribution >= 0.6 is 0 Å². The monoisotopic (exact) mass is 289 g/mol. The van der Waals surface area contributed by atoms with Crippen molar-refractivity contribution in [3.63, 3.8) is 0 Å². The fourth-order valence-corrected chi connectivity index (χ4v) is 2.53. The Bertz CT molecular complexity index is 471. The fraction of sp³-hybridized carbons (Fsp3) is 0.818. The largest absolute Gasteiger partial charge is 0.317 e. The van der Waals surface area contributed by atoms with Gasteiger partial charge in [0, 0.05) is 13.1 Å². The average molecular weight is 289 g/mol. The van der Waals surface area contributed by atoms with Gasteiger partial charge in [-0.1, -0.05) is 6.92 Å². The van der Waals surface area contributed by atoms with Crippen molar-refractivity contribution >= 4 is 10.0 Å². The number of nitrogens with one attached hydrogen (secondary N) is 2. The molecule has 0 fully saturated rings. The van der Waals surface area contributed by atoms with Crippen LogP contribution in [-0.2, 0) is 23.1 Å². The first kappa shape index (κ1) is 16.1. The molecular weight excluding hydrogens is 266 g/mol. The Morgan fingerprint density at radius 3 is 2.79 bits per heavy atom. The number of rotatable bonds is 9. The topological polar surface area (TPSA) is 88.9 Å². The second-order valence-electron chi connectivity index (χ2n) is 4.41. The van der Waals surface area contributed by atoms with E-state index in [0.717, 1.165) is 19.5 Å². The van der Waals surface area contributed by atoms with E-state index in [1.54, 1.807) is 13.3 Å². The quantitative estimate of drug-likeness (QED) is 0.630. The van der Waals surface area contributed by atoms with Crippen molar-refractivity contribution in [2.24, 2.45) is 0 Å². The van der Waals surface area contributed by atoms with E-state index in [2.05, 4.69) is 20.2 Å². The van der Waals surface area contributed by atoms with Crippen LogP contribution in [-0.4, -0.2) is 41.5 Å². The van der Waals surface area contributed by atoms with Crippen molar-refractivity contribution in [3.05, 3.63) is 12.2 Å². The van der Waals surface area contributed by atoms with Crippen molar-refractivity contribution in [2.75, 3.05) is 13.1 Å². The summed E-state index contributed by atoms with van der Waals surface area (Å²) >= 11 is 0. The van der Waals surface area contributed by atoms with Crippen LogP contribution in [0.3, 0.4) is 0 Å². The Kier molecular flexibility index (Phi) is 6.40. The SMILES string of the molecule is CCCNCC(C)S(=O)(=O)NCc1nncn1CC. The average Bonchev–Trinajstić information content (AvgIpc) is 2.84. The zero-order valence-corrected chi connectivity index (χ0v) is 12.6. The Hall–Kier alpha value is -0.990. The second kappa shape index (κ2) is 7.56. The van der Waals surface area contributed by atoms with Crippen LogP contribution in [0.4, 0.5) is 0 Å². The Labute approximate surface area is 114 Å². The number of aryl methyl sites for hydroxylation is 1. The number of sulfonamides is 1. The summed E-state index contributed by atoms with van der Waals surface area (Å²) in [6, 6.07) is 0. The van der Waals surface area contributed by atoms with E-state index < -0.39 is 15.3 Å². The summed E-state index contributed by atoms with van der Waals surface area (Å²) in [5.41, 5.74) is 0. The molecule has 8 heteroatoms. The lowest BCUT2D eigenvalue weighted by Crippen LogP contribution is -2.39. The molecule has 1 aromatic rings. The van der Waals surface area contributed by atoms with E-state index in [-0.39, 0.29) is 6.54 Å². The molecule has 0 amide bonds. The van der Waals surface area contributed by atoms with Crippen LogP contribution in [0, 0.1) is 0 Å². The summed E-state index contributed by atoms with van der Waals surface area (Å²) in [4.78, 5) is 0. The molecule has 110 valence electrons. The van der Waals surface area contributed by atoms with E-state index in [4.69, 9.17) is 0 Å². The molecule has 0 radical (unpaired) electrons. The number of hydrogen-bond acceptors (Lipinski definition) is 5. The summed E-state index contributed by atoms with van der Waals surface area (Å²) in [6.45, 7) is 7.86. The van der Waals surface area contributed by atoms with Crippen molar-refractivity contribution in [1.82, 2.24) is 24.8 Å². The minimum Gasteiger partial charge on any atom is -0.317 e. The fourth-order valence-electron chi connectivity index (χ4n) is 1.58. The van der Waals surface area contributed by atoms with E-state index in [0.29, 0.717) is 12.4 Å². The number of nitrogens with zero attached hydrogens (tertiary/aromatic N) is 3. The molecule has 1 unspecified atom stereocenters. The van der Waals surface area contributed by atoms with Crippen molar-refractivity contribution in [2.45, 2.75) is 45.5 Å². The molecule has 19 heavy (non-hydrogen) atoms. The molecule has 7 nitrogen and oxygen atoms in total. The summed E-state index contributed by atoms with van der Waals surface area (Å²) in [7, 11) is -3.34. The Morgan fingerprint density at radius 1 is 1.42 bits per heavy atom. The van der Waals surface area contributed by atoms with Crippen molar-refractivity contribution in [3.8, 4) is 0 Å². The molecule has 0 saturated carbocycles. The van der Waals surface area contributed by atoms with Gasteiger partial charge in [-0.15, -0.1) is 10.2 Å². The third-order valence-corrected chi connectivity index (χ3v) is 4.63. The van der Waals surface area contributed by atoms with E-state index >= 15 is 0 Å². The van der Waals surface area contributed by atoms with E-state index in [9.17, 15) is 8.42 Å². The number of hydrogen-bond donors (Lipinski definition) is 2. The third-order valence-electron chi connectivity index (χ3n) is 2.86. The molecular formula is C11H23N5O2S. The summed E-state index contributed by atoms with van der Waals surface area (Å²) in [6.07, 6.45) is 2.58. The van der Waals surface area contributed by atoms with Gasteiger partial charge in [-0.3, -0.25) is 0 Å². The van der Waals surface area contributed by atoms with Gasteiger partial charge in [-0.05, 0) is 26.8 Å². The minimum atomic E-state index is -3.34. The van der Waals surface area contributed by atoms with Crippen molar-refractivity contribution < 1.29 is 8.42 Å². The first-order chi connectivity index (χ1) is 9.01. The van der Waals surface area contributed by atoms with Crippen LogP contribution in [0.1, 0.15) is 33.0 Å². The first-order valence-electron chi connectivity index (χ1n) is 6.57. The van der Waals surface area contributed by atoms with Gasteiger partial charge in [0.05, 0.1) is 11.8 Å². The molecule has 0 aromatic carbocycles. The molecule has 0 spiro atoms. The maximum absolute atomic E-state index is 12.0. The molecule has 0 saturated heterocycles. The lowest BCUT2D eigenvalue weighted by atomic mass is 10.4. The minimum absolute atomic E-state index is 0.175. The predicted molar refractivity (Wildman–Crippen MR) is 74.1 cm³/mol. The first-order valence-corrected chi connectivity index (χ1v) is 8.11. The zero-order chi connectivity index (χ0) is 14.3. The van der Waals surface area contributed by atoms with Crippen LogP contribution in [0.5, 0.6) is 0 Å². The van der Waals surface area contributed by atoms with Gasteiger partial charge in [-0.2, -0.15) is 0 Å². The molecule has 1 rings (SSSR count). The van der Waals surface area contributed by atoms with Gasteiger partial charge in [0.25, 0.3) is 0 Å². The standard InChI is InChI=1S/C11H23N5O2S/c1-4-6-12-7-10(3)19(17,18)14-8-11-15-13-9-16(11)5-2/h9-10,12,14H,4-8H2,1-3H3. The Balaban J connectivity index is 2.50. The predicted octanol–water partition coefficient (Wildman–Crippen LogP) is 0.106. The van der Waals surface area contributed by atoms with E-state index in [1.807, 2.05) is 18.4 Å². The highest BCUT2D eigenvalue weighted by atomic mass is 32.2. The van der Waals surface area contributed by atoms with E-state index in [1.165, 1.54) is 0 Å². The molecule has 0 aliphatic carbocycles. The Morgan fingerprint density at radius 2 is 2.16 bits per heavy atom. The van der Waals surface area contributed by atoms with Gasteiger partial charge >= 0.3 is 0 Å². The number of aromatic nitrogens is 3. The van der Waals surface area contributed by atoms with Gasteiger partial charge in [0.2, 0.25) is 10.0 Å². The molecule has 1 heterocycles. The summed E-state index contributed by atoms with van der Waals surface area (Å²) in [5.74, 6) is 0.625. The molecule has 0 aliphatic heterocycles. The van der Waals surface area contributed by atoms with Crippen LogP contribution in [0.2, 0.25) is 0 Å². The normalized spacial score (nSPS) is 13.6. The van der Waals surface area contributed by atoms with Crippen LogP contribution in [0.25, 0.3) is 0 Å². The lowest BCUT2D eigenvalue weighted by Gasteiger charge is -2.14. The zero-order valence-electron chi connectivity index (χ0n) is 11.8. The maximum Gasteiger partial charge on any atom is 0.215 e. The molecule has 1 atom stereocenters. The molecule has 0 aliphatic rings. The highest BCUT2D eigenvalue weighted by molar-refractivity contribution is 7.90. The van der Waals surface area contributed by atoms with Gasteiger partial charge < -0.3 is 9.88 Å². The third kappa shape index (κ3) is 4.88. The summed E-state index contributed by atoms with van der Waals surface area (Å²) < 4.78 is 28.4. The lowest BCUT2D eigenvalue weighted by molar-refractivity contribution is 0.552.